The van der Waals surface area contributed by atoms with Crippen LogP contribution in [0.25, 0.3) is 0 Å². The molecule has 6 heteroatoms. The van der Waals surface area contributed by atoms with Crippen LogP contribution in [0.3, 0.4) is 0 Å². The first-order chi connectivity index (χ1) is 7.34. The molecule has 0 heterocycles. The van der Waals surface area contributed by atoms with Gasteiger partial charge in [0.15, 0.2) is 0 Å². The summed E-state index contributed by atoms with van der Waals surface area (Å²) in [6.07, 6.45) is -3.69. The first-order valence-electron chi connectivity index (χ1n) is 4.59. The van der Waals surface area contributed by atoms with E-state index in [1.807, 2.05) is 0 Å². The molecule has 0 aliphatic carbocycles. The number of anilines is 2. The van der Waals surface area contributed by atoms with Crippen LogP contribution in [0, 0.1) is 6.92 Å². The van der Waals surface area contributed by atoms with Gasteiger partial charge in [-0.15, -0.1) is 0 Å². The van der Waals surface area contributed by atoms with Crippen molar-refractivity contribution in [3.05, 3.63) is 23.8 Å². The van der Waals surface area contributed by atoms with Crippen molar-refractivity contribution in [2.24, 2.45) is 0 Å². The summed E-state index contributed by atoms with van der Waals surface area (Å²) in [6.45, 7) is 0.513. The van der Waals surface area contributed by atoms with E-state index in [9.17, 15) is 17.6 Å². The Morgan fingerprint density at radius 3 is 2.50 bits per heavy atom. The average Bonchev–Trinajstić information content (AvgIpc) is 2.16. The van der Waals surface area contributed by atoms with Crippen LogP contribution in [0.15, 0.2) is 18.2 Å². The lowest BCUT2D eigenvalue weighted by Gasteiger charge is -2.18. The summed E-state index contributed by atoms with van der Waals surface area (Å²) >= 11 is 0. The molecular weight excluding hydrogens is 224 g/mol. The van der Waals surface area contributed by atoms with Crippen molar-refractivity contribution < 1.29 is 17.6 Å². The molecule has 0 aromatic heterocycles. The van der Waals surface area contributed by atoms with Crippen LogP contribution in [-0.2, 0) is 0 Å². The smallest absolute Gasteiger partial charge is 0.324 e. The van der Waals surface area contributed by atoms with Crippen molar-refractivity contribution in [1.29, 1.82) is 0 Å². The van der Waals surface area contributed by atoms with Crippen molar-refractivity contribution in [3.8, 4) is 0 Å². The summed E-state index contributed by atoms with van der Waals surface area (Å²) in [6, 6.07) is 4.82. The third kappa shape index (κ3) is 2.77. The molecule has 1 rings (SSSR count). The molecule has 1 aromatic rings. The van der Waals surface area contributed by atoms with E-state index in [4.69, 9.17) is 5.73 Å². The molecule has 3 N–H and O–H groups in total. The number of nitrogens with two attached hydrogens (primary N) is 1. The van der Waals surface area contributed by atoms with E-state index in [1.165, 1.54) is 6.07 Å². The highest BCUT2D eigenvalue weighted by atomic mass is 19.3. The molecule has 0 saturated carbocycles. The number of rotatable bonds is 4. The van der Waals surface area contributed by atoms with E-state index in [0.29, 0.717) is 5.56 Å². The topological polar surface area (TPSA) is 38.0 Å². The summed E-state index contributed by atoms with van der Waals surface area (Å²) in [5.74, 6) is -4.06. The fourth-order valence-electron chi connectivity index (χ4n) is 1.22. The summed E-state index contributed by atoms with van der Waals surface area (Å²) in [4.78, 5) is 0. The first-order valence-corrected chi connectivity index (χ1v) is 4.59. The fraction of sp³-hybridized carbons (Fsp3) is 0.400. The average molecular weight is 236 g/mol. The van der Waals surface area contributed by atoms with Gasteiger partial charge in [-0.1, -0.05) is 12.1 Å². The van der Waals surface area contributed by atoms with E-state index in [0.717, 1.165) is 0 Å². The summed E-state index contributed by atoms with van der Waals surface area (Å²) in [5, 5.41) is 2.25. The SMILES string of the molecule is Cc1cccc(N)c1NCC(F)(F)C(F)F. The molecule has 0 fully saturated rings. The van der Waals surface area contributed by atoms with Crippen LogP contribution in [0.1, 0.15) is 5.56 Å². The Kier molecular flexibility index (Phi) is 3.62. The minimum Gasteiger partial charge on any atom is -0.397 e. The second-order valence-corrected chi connectivity index (χ2v) is 3.45. The lowest BCUT2D eigenvalue weighted by molar-refractivity contribution is -0.117. The van der Waals surface area contributed by atoms with Gasteiger partial charge >= 0.3 is 12.3 Å². The first kappa shape index (κ1) is 12.6. The van der Waals surface area contributed by atoms with Crippen molar-refractivity contribution in [2.75, 3.05) is 17.6 Å². The number of halogens is 4. The minimum atomic E-state index is -4.06. The number of benzene rings is 1. The fourth-order valence-corrected chi connectivity index (χ4v) is 1.22. The molecule has 16 heavy (non-hydrogen) atoms. The van der Waals surface area contributed by atoms with Crippen LogP contribution in [-0.4, -0.2) is 18.9 Å². The number of aryl methyl sites for hydroxylation is 1. The van der Waals surface area contributed by atoms with Gasteiger partial charge in [-0.3, -0.25) is 0 Å². The zero-order valence-corrected chi connectivity index (χ0v) is 8.61. The van der Waals surface area contributed by atoms with Gasteiger partial charge in [-0.25, -0.2) is 8.78 Å². The minimum absolute atomic E-state index is 0.255. The Hall–Kier alpha value is -1.46. The van der Waals surface area contributed by atoms with Gasteiger partial charge in [-0.05, 0) is 18.6 Å². The molecule has 0 aliphatic heterocycles. The quantitative estimate of drug-likeness (QED) is 0.623. The van der Waals surface area contributed by atoms with Crippen LogP contribution in [0.4, 0.5) is 28.9 Å². The summed E-state index contributed by atoms with van der Waals surface area (Å²) in [5.41, 5.74) is 6.68. The van der Waals surface area contributed by atoms with Crippen molar-refractivity contribution in [3.63, 3.8) is 0 Å². The van der Waals surface area contributed by atoms with Gasteiger partial charge in [0, 0.05) is 0 Å². The van der Waals surface area contributed by atoms with Gasteiger partial charge in [-0.2, -0.15) is 8.78 Å². The van der Waals surface area contributed by atoms with Crippen LogP contribution in [0.2, 0.25) is 0 Å². The molecule has 2 nitrogen and oxygen atoms in total. The van der Waals surface area contributed by atoms with Gasteiger partial charge in [0.05, 0.1) is 17.9 Å². The molecule has 0 radical (unpaired) electrons. The number of hydrogen-bond donors (Lipinski definition) is 2. The highest BCUT2D eigenvalue weighted by molar-refractivity contribution is 5.69. The van der Waals surface area contributed by atoms with Gasteiger partial charge in [0.25, 0.3) is 0 Å². The second kappa shape index (κ2) is 4.59. The normalized spacial score (nSPS) is 11.9. The Morgan fingerprint density at radius 2 is 2.00 bits per heavy atom. The molecule has 0 atom stereocenters. The van der Waals surface area contributed by atoms with Crippen molar-refractivity contribution >= 4 is 11.4 Å². The predicted molar refractivity (Wildman–Crippen MR) is 55.0 cm³/mol. The predicted octanol–water partition coefficient (Wildman–Crippen LogP) is 2.89. The summed E-state index contributed by atoms with van der Waals surface area (Å²) < 4.78 is 49.1. The maximum absolute atomic E-state index is 12.6. The Morgan fingerprint density at radius 1 is 1.38 bits per heavy atom. The van der Waals surface area contributed by atoms with E-state index >= 15 is 0 Å². The van der Waals surface area contributed by atoms with E-state index in [1.54, 1.807) is 19.1 Å². The molecule has 90 valence electrons. The second-order valence-electron chi connectivity index (χ2n) is 3.45. The number of nitrogen functional groups attached to an aromatic ring is 1. The Balaban J connectivity index is 2.75. The molecular formula is C10H12F4N2. The summed E-state index contributed by atoms with van der Waals surface area (Å²) in [7, 11) is 0. The molecule has 0 bridgehead atoms. The zero-order valence-electron chi connectivity index (χ0n) is 8.61. The number of nitrogens with one attached hydrogen (secondary N) is 1. The standard InChI is InChI=1S/C10H12F4N2/c1-6-3-2-4-7(15)8(6)16-5-10(13,14)9(11)12/h2-4,9,16H,5,15H2,1H3. The van der Waals surface area contributed by atoms with Crippen LogP contribution >= 0.6 is 0 Å². The zero-order chi connectivity index (χ0) is 12.3. The number of alkyl halides is 4. The van der Waals surface area contributed by atoms with Crippen LogP contribution in [0.5, 0.6) is 0 Å². The highest BCUT2D eigenvalue weighted by Gasteiger charge is 2.40. The van der Waals surface area contributed by atoms with Gasteiger partial charge < -0.3 is 11.1 Å². The molecule has 0 unspecified atom stereocenters. The van der Waals surface area contributed by atoms with Crippen molar-refractivity contribution in [2.45, 2.75) is 19.3 Å². The number of para-hydroxylation sites is 1. The number of hydrogen-bond acceptors (Lipinski definition) is 2. The van der Waals surface area contributed by atoms with Crippen molar-refractivity contribution in [1.82, 2.24) is 0 Å². The lowest BCUT2D eigenvalue weighted by atomic mass is 10.1. The monoisotopic (exact) mass is 236 g/mol. The van der Waals surface area contributed by atoms with E-state index in [2.05, 4.69) is 5.32 Å². The lowest BCUT2D eigenvalue weighted by Crippen LogP contribution is -2.35. The van der Waals surface area contributed by atoms with Gasteiger partial charge in [0.1, 0.15) is 0 Å². The highest BCUT2D eigenvalue weighted by Crippen LogP contribution is 2.27. The maximum Gasteiger partial charge on any atom is 0.324 e. The van der Waals surface area contributed by atoms with E-state index < -0.39 is 18.9 Å². The Labute approximate surface area is 90.4 Å². The maximum atomic E-state index is 12.6. The molecule has 0 saturated heterocycles. The third-order valence-corrected chi connectivity index (χ3v) is 2.13. The third-order valence-electron chi connectivity index (χ3n) is 2.13. The molecule has 1 aromatic carbocycles. The Bertz CT molecular complexity index is 346. The molecule has 0 aliphatic rings. The van der Waals surface area contributed by atoms with E-state index in [-0.39, 0.29) is 11.4 Å². The molecule has 0 spiro atoms. The van der Waals surface area contributed by atoms with Crippen LogP contribution < -0.4 is 11.1 Å². The molecule has 0 amide bonds. The largest absolute Gasteiger partial charge is 0.397 e. The van der Waals surface area contributed by atoms with Gasteiger partial charge in [0.2, 0.25) is 0 Å².